The molecular formula is C20H36IN3O2. The molecule has 0 spiro atoms. The van der Waals surface area contributed by atoms with Gasteiger partial charge in [0.2, 0.25) is 0 Å². The minimum atomic E-state index is -0.710. The van der Waals surface area contributed by atoms with Crippen molar-refractivity contribution in [3.63, 3.8) is 0 Å². The third kappa shape index (κ3) is 8.58. The fourth-order valence-corrected chi connectivity index (χ4v) is 2.55. The van der Waals surface area contributed by atoms with Crippen LogP contribution in [0.25, 0.3) is 0 Å². The van der Waals surface area contributed by atoms with Gasteiger partial charge in [0.25, 0.3) is 0 Å². The second kappa shape index (κ2) is 13.2. The minimum Gasteiger partial charge on any atom is -0.497 e. The summed E-state index contributed by atoms with van der Waals surface area (Å²) in [6, 6.07) is 8.24. The van der Waals surface area contributed by atoms with Crippen LogP contribution in [0.4, 0.5) is 0 Å². The number of hydrogen-bond acceptors (Lipinski definition) is 3. The van der Waals surface area contributed by atoms with E-state index in [9.17, 15) is 5.11 Å². The molecule has 0 radical (unpaired) electrons. The lowest BCUT2D eigenvalue weighted by atomic mass is 9.98. The van der Waals surface area contributed by atoms with Gasteiger partial charge in [-0.15, -0.1) is 24.0 Å². The third-order valence-corrected chi connectivity index (χ3v) is 4.75. The van der Waals surface area contributed by atoms with Crippen molar-refractivity contribution < 1.29 is 9.84 Å². The molecule has 6 heteroatoms. The molecule has 5 nitrogen and oxygen atoms in total. The summed E-state index contributed by atoms with van der Waals surface area (Å²) in [6.45, 7) is 10.3. The Hall–Kier alpha value is -1.02. The van der Waals surface area contributed by atoms with Crippen LogP contribution in [-0.4, -0.2) is 43.4 Å². The maximum absolute atomic E-state index is 10.4. The van der Waals surface area contributed by atoms with Crippen LogP contribution in [0.1, 0.15) is 58.4 Å². The van der Waals surface area contributed by atoms with E-state index in [1.54, 1.807) is 7.11 Å². The molecule has 1 aromatic carbocycles. The van der Waals surface area contributed by atoms with Gasteiger partial charge in [-0.05, 0) is 49.8 Å². The zero-order valence-corrected chi connectivity index (χ0v) is 19.2. The lowest BCUT2D eigenvalue weighted by Gasteiger charge is -2.23. The van der Waals surface area contributed by atoms with Gasteiger partial charge in [-0.1, -0.05) is 32.9 Å². The summed E-state index contributed by atoms with van der Waals surface area (Å²) in [6.07, 6.45) is 2.42. The largest absolute Gasteiger partial charge is 0.497 e. The van der Waals surface area contributed by atoms with E-state index < -0.39 is 5.60 Å². The van der Waals surface area contributed by atoms with Crippen LogP contribution >= 0.6 is 24.0 Å². The SMILES string of the molecule is CCNC(=NCC(O)(CC)CC)NCCC(C)c1ccc(OC)cc1.I. The highest BCUT2D eigenvalue weighted by molar-refractivity contribution is 14.0. The van der Waals surface area contributed by atoms with Crippen LogP contribution in [0.2, 0.25) is 0 Å². The molecule has 1 atom stereocenters. The molecule has 1 aromatic rings. The van der Waals surface area contributed by atoms with Gasteiger partial charge in [0.05, 0.1) is 19.3 Å². The van der Waals surface area contributed by atoms with E-state index in [0.29, 0.717) is 25.3 Å². The predicted molar refractivity (Wildman–Crippen MR) is 121 cm³/mol. The quantitative estimate of drug-likeness (QED) is 0.272. The van der Waals surface area contributed by atoms with Gasteiger partial charge in [0.15, 0.2) is 5.96 Å². The van der Waals surface area contributed by atoms with Gasteiger partial charge >= 0.3 is 0 Å². The van der Waals surface area contributed by atoms with E-state index >= 15 is 0 Å². The number of hydrogen-bond donors (Lipinski definition) is 3. The highest BCUT2D eigenvalue weighted by Gasteiger charge is 2.21. The molecule has 0 aliphatic carbocycles. The average Bonchev–Trinajstić information content (AvgIpc) is 2.65. The standard InChI is InChI=1S/C20H35N3O2.HI/c1-6-20(24,7-2)15-23-19(21-8-3)22-14-13-16(4)17-9-11-18(25-5)12-10-17;/h9-12,16,24H,6-8,13-15H2,1-5H3,(H2,21,22,23);1H. The molecular weight excluding hydrogens is 441 g/mol. The average molecular weight is 477 g/mol. The van der Waals surface area contributed by atoms with E-state index in [1.165, 1.54) is 5.56 Å². The van der Waals surface area contributed by atoms with Crippen molar-refractivity contribution in [2.24, 2.45) is 4.99 Å². The highest BCUT2D eigenvalue weighted by atomic mass is 127. The topological polar surface area (TPSA) is 65.9 Å². The Morgan fingerprint density at radius 1 is 1.15 bits per heavy atom. The maximum atomic E-state index is 10.4. The van der Waals surface area contributed by atoms with Crippen LogP contribution in [0.3, 0.4) is 0 Å². The second-order valence-corrected chi connectivity index (χ2v) is 6.52. The number of halogens is 1. The van der Waals surface area contributed by atoms with Crippen molar-refractivity contribution in [1.82, 2.24) is 10.6 Å². The van der Waals surface area contributed by atoms with Crippen molar-refractivity contribution in [1.29, 1.82) is 0 Å². The van der Waals surface area contributed by atoms with Gasteiger partial charge in [-0.25, -0.2) is 0 Å². The predicted octanol–water partition coefficient (Wildman–Crippen LogP) is 3.91. The molecule has 0 aliphatic heterocycles. The summed E-state index contributed by atoms with van der Waals surface area (Å²) in [5.74, 6) is 2.10. The monoisotopic (exact) mass is 477 g/mol. The lowest BCUT2D eigenvalue weighted by molar-refractivity contribution is 0.0418. The number of aliphatic hydroxyl groups is 1. The van der Waals surface area contributed by atoms with E-state index in [1.807, 2.05) is 32.9 Å². The number of guanidine groups is 1. The lowest BCUT2D eigenvalue weighted by Crippen LogP contribution is -2.40. The first kappa shape index (κ1) is 25.0. The maximum Gasteiger partial charge on any atom is 0.191 e. The summed E-state index contributed by atoms with van der Waals surface area (Å²) >= 11 is 0. The summed E-state index contributed by atoms with van der Waals surface area (Å²) in [5.41, 5.74) is 0.592. The minimum absolute atomic E-state index is 0. The Labute approximate surface area is 176 Å². The van der Waals surface area contributed by atoms with Crippen molar-refractivity contribution >= 4 is 29.9 Å². The molecule has 1 rings (SSSR count). The Balaban J connectivity index is 0.00000625. The molecule has 0 saturated heterocycles. The Bertz CT molecular complexity index is 516. The fraction of sp³-hybridized carbons (Fsp3) is 0.650. The fourth-order valence-electron chi connectivity index (χ4n) is 2.55. The Kier molecular flexibility index (Phi) is 12.7. The van der Waals surface area contributed by atoms with Crippen molar-refractivity contribution in [2.75, 3.05) is 26.7 Å². The molecule has 26 heavy (non-hydrogen) atoms. The molecule has 0 heterocycles. The molecule has 0 bridgehead atoms. The van der Waals surface area contributed by atoms with E-state index in [2.05, 4.69) is 34.7 Å². The van der Waals surface area contributed by atoms with Crippen LogP contribution in [-0.2, 0) is 0 Å². The number of ether oxygens (including phenoxy) is 1. The Morgan fingerprint density at radius 3 is 2.27 bits per heavy atom. The third-order valence-electron chi connectivity index (χ3n) is 4.75. The summed E-state index contributed by atoms with van der Waals surface area (Å²) in [5, 5.41) is 17.0. The summed E-state index contributed by atoms with van der Waals surface area (Å²) < 4.78 is 5.20. The Morgan fingerprint density at radius 2 is 1.77 bits per heavy atom. The first-order valence-electron chi connectivity index (χ1n) is 9.36. The van der Waals surface area contributed by atoms with Crippen LogP contribution in [0, 0.1) is 0 Å². The number of nitrogens with zero attached hydrogens (tertiary/aromatic N) is 1. The van der Waals surface area contributed by atoms with Gasteiger partial charge < -0.3 is 20.5 Å². The first-order valence-corrected chi connectivity index (χ1v) is 9.36. The summed E-state index contributed by atoms with van der Waals surface area (Å²) in [4.78, 5) is 4.55. The molecule has 0 saturated carbocycles. The molecule has 150 valence electrons. The zero-order valence-electron chi connectivity index (χ0n) is 16.8. The number of aliphatic imine (C=N–C) groups is 1. The second-order valence-electron chi connectivity index (χ2n) is 6.52. The van der Waals surface area contributed by atoms with E-state index in [4.69, 9.17) is 4.74 Å². The van der Waals surface area contributed by atoms with Crippen LogP contribution in [0.15, 0.2) is 29.3 Å². The van der Waals surface area contributed by atoms with E-state index in [0.717, 1.165) is 31.2 Å². The van der Waals surface area contributed by atoms with E-state index in [-0.39, 0.29) is 24.0 Å². The van der Waals surface area contributed by atoms with Crippen LogP contribution in [0.5, 0.6) is 5.75 Å². The molecule has 0 fully saturated rings. The molecule has 3 N–H and O–H groups in total. The number of nitrogens with one attached hydrogen (secondary N) is 2. The van der Waals surface area contributed by atoms with Gasteiger partial charge in [-0.3, -0.25) is 4.99 Å². The highest BCUT2D eigenvalue weighted by Crippen LogP contribution is 2.21. The molecule has 1 unspecified atom stereocenters. The zero-order chi connectivity index (χ0) is 18.7. The number of benzene rings is 1. The normalized spacial score (nSPS) is 12.9. The molecule has 0 aliphatic rings. The molecule has 0 amide bonds. The smallest absolute Gasteiger partial charge is 0.191 e. The van der Waals surface area contributed by atoms with Gasteiger partial charge in [0, 0.05) is 13.1 Å². The van der Waals surface area contributed by atoms with Crippen molar-refractivity contribution in [2.45, 2.75) is 58.5 Å². The van der Waals surface area contributed by atoms with Crippen LogP contribution < -0.4 is 15.4 Å². The number of rotatable bonds is 10. The molecule has 0 aromatic heterocycles. The van der Waals surface area contributed by atoms with Gasteiger partial charge in [0.1, 0.15) is 5.75 Å². The van der Waals surface area contributed by atoms with Crippen molar-refractivity contribution in [3.05, 3.63) is 29.8 Å². The first-order chi connectivity index (χ1) is 12.0. The number of methoxy groups -OCH3 is 1. The van der Waals surface area contributed by atoms with Crippen molar-refractivity contribution in [3.8, 4) is 5.75 Å². The van der Waals surface area contributed by atoms with Gasteiger partial charge in [-0.2, -0.15) is 0 Å². The summed E-state index contributed by atoms with van der Waals surface area (Å²) in [7, 11) is 1.68.